The molecule has 1 heterocycles. The predicted molar refractivity (Wildman–Crippen MR) is 228 cm³/mol. The Morgan fingerprint density at radius 2 is 0.887 bits per heavy atom. The zero-order valence-corrected chi connectivity index (χ0v) is 30.6. The summed E-state index contributed by atoms with van der Waals surface area (Å²) >= 11 is 1.88. The lowest BCUT2D eigenvalue weighted by Crippen LogP contribution is -2.14. The summed E-state index contributed by atoms with van der Waals surface area (Å²) in [6.45, 7) is 4.67. The van der Waals surface area contributed by atoms with Gasteiger partial charge in [0.15, 0.2) is 0 Å². The zero-order chi connectivity index (χ0) is 35.5. The molecule has 0 aliphatic heterocycles. The molecule has 53 heavy (non-hydrogen) atoms. The largest absolute Gasteiger partial charge is 0.311 e. The molecule has 0 saturated carbocycles. The molecule has 0 radical (unpaired) electrons. The van der Waals surface area contributed by atoms with Crippen LogP contribution >= 0.6 is 11.3 Å². The Labute approximate surface area is 315 Å². The highest BCUT2D eigenvalue weighted by Gasteiger charge is 2.35. The van der Waals surface area contributed by atoms with Crippen molar-refractivity contribution in [2.75, 3.05) is 4.90 Å². The number of thiophene rings is 1. The van der Waals surface area contributed by atoms with Crippen LogP contribution in [-0.2, 0) is 5.41 Å². The van der Waals surface area contributed by atoms with Crippen molar-refractivity contribution in [2.45, 2.75) is 19.3 Å². The Kier molecular flexibility index (Phi) is 7.42. The second-order valence-corrected chi connectivity index (χ2v) is 15.6. The van der Waals surface area contributed by atoms with E-state index in [9.17, 15) is 0 Å². The van der Waals surface area contributed by atoms with Gasteiger partial charge in [0.1, 0.15) is 0 Å². The molecule has 0 unspecified atom stereocenters. The summed E-state index contributed by atoms with van der Waals surface area (Å²) < 4.78 is 2.67. The fraction of sp³-hybridized carbons (Fsp3) is 0.0588. The molecule has 1 nitrogen and oxygen atoms in total. The first-order valence-electron chi connectivity index (χ1n) is 18.3. The van der Waals surface area contributed by atoms with Crippen molar-refractivity contribution in [1.29, 1.82) is 0 Å². The van der Waals surface area contributed by atoms with Gasteiger partial charge in [-0.15, -0.1) is 11.3 Å². The second kappa shape index (κ2) is 12.5. The summed E-state index contributed by atoms with van der Waals surface area (Å²) in [4.78, 5) is 2.34. The standard InChI is InChI=1S/C51H37NS/c1-51(2)47-17-8-6-13-43(47)46-33-38(27-32-48(46)51)36-21-19-34(20-22-36)35-23-28-40(29-24-35)52(39-11-4-3-5-12-39)41-30-25-37(26-31-41)42-15-10-16-45-44-14-7-9-18-49(44)53-50(42)45/h3-33H,1-2H3. The predicted octanol–water partition coefficient (Wildman–Crippen LogP) is 14.8. The molecule has 2 heteroatoms. The molecule has 0 atom stereocenters. The maximum absolute atomic E-state index is 2.38. The van der Waals surface area contributed by atoms with E-state index in [1.54, 1.807) is 0 Å². The van der Waals surface area contributed by atoms with E-state index < -0.39 is 0 Å². The number of anilines is 3. The summed E-state index contributed by atoms with van der Waals surface area (Å²) in [5, 5.41) is 2.65. The van der Waals surface area contributed by atoms with Crippen LogP contribution in [0, 0.1) is 0 Å². The lowest BCUT2D eigenvalue weighted by Gasteiger charge is -2.26. The lowest BCUT2D eigenvalue weighted by molar-refractivity contribution is 0.660. The van der Waals surface area contributed by atoms with Crippen molar-refractivity contribution in [3.05, 3.63) is 199 Å². The molecule has 1 aliphatic rings. The van der Waals surface area contributed by atoms with Crippen LogP contribution in [0.3, 0.4) is 0 Å². The maximum Gasteiger partial charge on any atom is 0.0462 e. The minimum Gasteiger partial charge on any atom is -0.311 e. The molecular formula is C51H37NS. The highest BCUT2D eigenvalue weighted by molar-refractivity contribution is 7.26. The minimum atomic E-state index is 0.0230. The average Bonchev–Trinajstić information content (AvgIpc) is 3.71. The van der Waals surface area contributed by atoms with Gasteiger partial charge in [0, 0.05) is 42.6 Å². The molecule has 0 saturated heterocycles. The van der Waals surface area contributed by atoms with Gasteiger partial charge in [-0.3, -0.25) is 0 Å². The van der Waals surface area contributed by atoms with Gasteiger partial charge in [0.25, 0.3) is 0 Å². The van der Waals surface area contributed by atoms with Crippen molar-refractivity contribution in [3.8, 4) is 44.5 Å². The van der Waals surface area contributed by atoms with E-state index in [-0.39, 0.29) is 5.41 Å². The quantitative estimate of drug-likeness (QED) is 0.167. The van der Waals surface area contributed by atoms with Gasteiger partial charge in [-0.05, 0) is 104 Å². The van der Waals surface area contributed by atoms with Crippen LogP contribution in [0.15, 0.2) is 188 Å². The Bertz CT molecular complexity index is 2770. The van der Waals surface area contributed by atoms with Crippen LogP contribution in [0.1, 0.15) is 25.0 Å². The van der Waals surface area contributed by atoms with Crippen molar-refractivity contribution >= 4 is 48.6 Å². The van der Waals surface area contributed by atoms with Crippen LogP contribution in [-0.4, -0.2) is 0 Å². The van der Waals surface area contributed by atoms with Gasteiger partial charge in [0.2, 0.25) is 0 Å². The smallest absolute Gasteiger partial charge is 0.0462 e. The van der Waals surface area contributed by atoms with Gasteiger partial charge < -0.3 is 4.90 Å². The Morgan fingerprint density at radius 1 is 0.377 bits per heavy atom. The molecule has 252 valence electrons. The number of nitrogens with zero attached hydrogens (tertiary/aromatic N) is 1. The van der Waals surface area contributed by atoms with E-state index in [1.165, 1.54) is 75.8 Å². The summed E-state index contributed by atoms with van der Waals surface area (Å²) in [5.74, 6) is 0. The number of fused-ring (bicyclic) bond motifs is 6. The topological polar surface area (TPSA) is 3.24 Å². The van der Waals surface area contributed by atoms with E-state index in [2.05, 4.69) is 207 Å². The van der Waals surface area contributed by atoms with Crippen molar-refractivity contribution in [1.82, 2.24) is 0 Å². The molecule has 1 aromatic heterocycles. The third-order valence-corrected chi connectivity index (χ3v) is 12.3. The van der Waals surface area contributed by atoms with Crippen molar-refractivity contribution < 1.29 is 0 Å². The maximum atomic E-state index is 2.38. The summed E-state index contributed by atoms with van der Waals surface area (Å²) in [7, 11) is 0. The summed E-state index contributed by atoms with van der Waals surface area (Å²) in [6, 6.07) is 68.9. The first-order valence-corrected chi connectivity index (χ1v) is 19.2. The van der Waals surface area contributed by atoms with E-state index >= 15 is 0 Å². The van der Waals surface area contributed by atoms with Crippen molar-refractivity contribution in [2.24, 2.45) is 0 Å². The molecule has 0 fully saturated rings. The first kappa shape index (κ1) is 31.5. The minimum absolute atomic E-state index is 0.0230. The fourth-order valence-electron chi connectivity index (χ4n) is 8.35. The molecule has 8 aromatic carbocycles. The zero-order valence-electron chi connectivity index (χ0n) is 29.8. The third kappa shape index (κ3) is 5.29. The Balaban J connectivity index is 0.944. The molecule has 0 bridgehead atoms. The average molecular weight is 696 g/mol. The van der Waals surface area contributed by atoms with Crippen LogP contribution in [0.2, 0.25) is 0 Å². The van der Waals surface area contributed by atoms with Crippen LogP contribution < -0.4 is 4.90 Å². The van der Waals surface area contributed by atoms with E-state index in [0.717, 1.165) is 17.1 Å². The number of hydrogen-bond acceptors (Lipinski definition) is 2. The van der Waals surface area contributed by atoms with Gasteiger partial charge in [-0.1, -0.05) is 153 Å². The molecule has 0 amide bonds. The SMILES string of the molecule is CC1(C)c2ccccc2-c2cc(-c3ccc(-c4ccc(N(c5ccccc5)c5ccc(-c6cccc7c6sc6ccccc67)cc5)cc4)cc3)ccc21. The van der Waals surface area contributed by atoms with E-state index in [4.69, 9.17) is 0 Å². The normalized spacial score (nSPS) is 12.9. The van der Waals surface area contributed by atoms with Gasteiger partial charge in [-0.25, -0.2) is 0 Å². The number of benzene rings is 8. The molecule has 0 spiro atoms. The van der Waals surface area contributed by atoms with Gasteiger partial charge >= 0.3 is 0 Å². The molecule has 9 aromatic rings. The number of hydrogen-bond donors (Lipinski definition) is 0. The van der Waals surface area contributed by atoms with Gasteiger partial charge in [-0.2, -0.15) is 0 Å². The van der Waals surface area contributed by atoms with E-state index in [0.29, 0.717) is 0 Å². The van der Waals surface area contributed by atoms with Crippen LogP contribution in [0.4, 0.5) is 17.1 Å². The Morgan fingerprint density at radius 3 is 1.62 bits per heavy atom. The molecule has 1 aliphatic carbocycles. The molecule has 10 rings (SSSR count). The second-order valence-electron chi connectivity index (χ2n) is 14.6. The number of rotatable bonds is 6. The lowest BCUT2D eigenvalue weighted by atomic mass is 9.82. The summed E-state index contributed by atoms with van der Waals surface area (Å²) in [5.41, 5.74) is 16.3. The van der Waals surface area contributed by atoms with E-state index in [1.807, 2.05) is 11.3 Å². The third-order valence-electron chi connectivity index (χ3n) is 11.1. The monoisotopic (exact) mass is 695 g/mol. The summed E-state index contributed by atoms with van der Waals surface area (Å²) in [6.07, 6.45) is 0. The Hall–Kier alpha value is -6.22. The van der Waals surface area contributed by atoms with Crippen LogP contribution in [0.5, 0.6) is 0 Å². The highest BCUT2D eigenvalue weighted by atomic mass is 32.1. The highest BCUT2D eigenvalue weighted by Crippen LogP contribution is 2.49. The molecular weight excluding hydrogens is 659 g/mol. The van der Waals surface area contributed by atoms with Crippen molar-refractivity contribution in [3.63, 3.8) is 0 Å². The first-order chi connectivity index (χ1) is 26.0. The van der Waals surface area contributed by atoms with Gasteiger partial charge in [0.05, 0.1) is 0 Å². The molecule has 0 N–H and O–H groups in total. The van der Waals surface area contributed by atoms with Crippen LogP contribution in [0.25, 0.3) is 64.7 Å². The number of para-hydroxylation sites is 1. The fourth-order valence-corrected chi connectivity index (χ4v) is 9.58.